The molecule has 20 heavy (non-hydrogen) atoms. The van der Waals surface area contributed by atoms with Gasteiger partial charge in [0, 0.05) is 12.1 Å². The highest BCUT2D eigenvalue weighted by Crippen LogP contribution is 2.49. The van der Waals surface area contributed by atoms with Crippen molar-refractivity contribution in [1.29, 1.82) is 0 Å². The van der Waals surface area contributed by atoms with Gasteiger partial charge < -0.3 is 5.32 Å². The molecule has 0 aromatic heterocycles. The molecule has 2 fully saturated rings. The van der Waals surface area contributed by atoms with E-state index in [1.165, 1.54) is 56.9 Å². The van der Waals surface area contributed by atoms with Crippen molar-refractivity contribution in [3.05, 3.63) is 35.6 Å². The van der Waals surface area contributed by atoms with E-state index in [-0.39, 0.29) is 5.82 Å². The Morgan fingerprint density at radius 1 is 1.05 bits per heavy atom. The van der Waals surface area contributed by atoms with Gasteiger partial charge in [-0.1, -0.05) is 25.0 Å². The van der Waals surface area contributed by atoms with Gasteiger partial charge in [0.1, 0.15) is 5.82 Å². The van der Waals surface area contributed by atoms with Crippen molar-refractivity contribution in [3.8, 4) is 0 Å². The third kappa shape index (κ3) is 3.06. The van der Waals surface area contributed by atoms with Gasteiger partial charge >= 0.3 is 0 Å². The van der Waals surface area contributed by atoms with E-state index in [1.54, 1.807) is 12.1 Å². The quantitative estimate of drug-likeness (QED) is 0.820. The average molecular weight is 275 g/mol. The lowest BCUT2D eigenvalue weighted by Gasteiger charge is -2.38. The zero-order valence-corrected chi connectivity index (χ0v) is 12.5. The highest BCUT2D eigenvalue weighted by atomic mass is 19.1. The van der Waals surface area contributed by atoms with Crippen LogP contribution in [0.3, 0.4) is 0 Å². The van der Waals surface area contributed by atoms with Crippen LogP contribution in [0, 0.1) is 11.2 Å². The molecule has 0 radical (unpaired) electrons. The third-order valence-electron chi connectivity index (χ3n) is 5.57. The Balaban J connectivity index is 1.52. The molecule has 1 atom stereocenters. The summed E-state index contributed by atoms with van der Waals surface area (Å²) in [6, 6.07) is 7.87. The maximum absolute atomic E-state index is 13.0. The van der Waals surface area contributed by atoms with Crippen LogP contribution in [0.2, 0.25) is 0 Å². The summed E-state index contributed by atoms with van der Waals surface area (Å²) in [5.74, 6) is -0.151. The topological polar surface area (TPSA) is 12.0 Å². The Hall–Kier alpha value is -0.890. The molecule has 1 aromatic rings. The van der Waals surface area contributed by atoms with Crippen LogP contribution >= 0.6 is 0 Å². The number of halogens is 1. The van der Waals surface area contributed by atoms with Gasteiger partial charge in [0.2, 0.25) is 0 Å². The van der Waals surface area contributed by atoms with Crippen LogP contribution in [-0.4, -0.2) is 6.04 Å². The third-order valence-corrected chi connectivity index (χ3v) is 5.57. The van der Waals surface area contributed by atoms with E-state index < -0.39 is 0 Å². The number of rotatable bonds is 3. The second kappa shape index (κ2) is 5.85. The van der Waals surface area contributed by atoms with Crippen LogP contribution in [0.4, 0.5) is 4.39 Å². The Kier molecular flexibility index (Phi) is 4.11. The fourth-order valence-electron chi connectivity index (χ4n) is 4.22. The first-order valence-electron chi connectivity index (χ1n) is 8.18. The highest BCUT2D eigenvalue weighted by Gasteiger charge is 2.37. The average Bonchev–Trinajstić information content (AvgIpc) is 2.91. The Labute approximate surface area is 122 Å². The predicted molar refractivity (Wildman–Crippen MR) is 81.1 cm³/mol. The van der Waals surface area contributed by atoms with Gasteiger partial charge in [0.25, 0.3) is 0 Å². The molecule has 1 spiro atoms. The lowest BCUT2D eigenvalue weighted by atomic mass is 9.71. The van der Waals surface area contributed by atoms with E-state index in [0.717, 1.165) is 0 Å². The van der Waals surface area contributed by atoms with Crippen molar-refractivity contribution in [3.63, 3.8) is 0 Å². The van der Waals surface area contributed by atoms with Crippen LogP contribution < -0.4 is 5.32 Å². The SMILES string of the molecule is C[C@H](NC1CCC2(CCCC2)CC1)c1ccc(F)cc1. The molecule has 2 aliphatic rings. The zero-order chi connectivity index (χ0) is 14.0. The van der Waals surface area contributed by atoms with Gasteiger partial charge in [-0.2, -0.15) is 0 Å². The van der Waals surface area contributed by atoms with Crippen molar-refractivity contribution >= 4 is 0 Å². The normalized spacial score (nSPS) is 24.1. The summed E-state index contributed by atoms with van der Waals surface area (Å²) in [5, 5.41) is 3.74. The fourth-order valence-corrected chi connectivity index (χ4v) is 4.22. The molecule has 2 aliphatic carbocycles. The first-order chi connectivity index (χ1) is 9.67. The summed E-state index contributed by atoms with van der Waals surface area (Å²) < 4.78 is 13.0. The lowest BCUT2D eigenvalue weighted by molar-refractivity contribution is 0.164. The van der Waals surface area contributed by atoms with E-state index in [0.29, 0.717) is 17.5 Å². The maximum Gasteiger partial charge on any atom is 0.123 e. The number of benzene rings is 1. The Morgan fingerprint density at radius 3 is 2.25 bits per heavy atom. The van der Waals surface area contributed by atoms with Gasteiger partial charge in [-0.25, -0.2) is 4.39 Å². The van der Waals surface area contributed by atoms with Crippen molar-refractivity contribution in [2.75, 3.05) is 0 Å². The van der Waals surface area contributed by atoms with Crippen LogP contribution in [-0.2, 0) is 0 Å². The molecule has 0 amide bonds. The molecule has 110 valence electrons. The molecule has 2 saturated carbocycles. The van der Waals surface area contributed by atoms with Crippen molar-refractivity contribution in [1.82, 2.24) is 5.32 Å². The second-order valence-electron chi connectivity index (χ2n) is 6.92. The monoisotopic (exact) mass is 275 g/mol. The summed E-state index contributed by atoms with van der Waals surface area (Å²) in [5.41, 5.74) is 1.89. The molecule has 0 unspecified atom stereocenters. The van der Waals surface area contributed by atoms with E-state index in [2.05, 4.69) is 12.2 Å². The fraction of sp³-hybridized carbons (Fsp3) is 0.667. The molecule has 0 bridgehead atoms. The van der Waals surface area contributed by atoms with Gasteiger partial charge in [-0.05, 0) is 68.6 Å². The van der Waals surface area contributed by atoms with E-state index >= 15 is 0 Å². The van der Waals surface area contributed by atoms with Crippen LogP contribution in [0.5, 0.6) is 0 Å². The van der Waals surface area contributed by atoms with Crippen molar-refractivity contribution < 1.29 is 4.39 Å². The van der Waals surface area contributed by atoms with Crippen molar-refractivity contribution in [2.24, 2.45) is 5.41 Å². The van der Waals surface area contributed by atoms with Crippen molar-refractivity contribution in [2.45, 2.75) is 70.4 Å². The predicted octanol–water partition coefficient (Wildman–Crippen LogP) is 4.98. The minimum absolute atomic E-state index is 0.151. The number of hydrogen-bond donors (Lipinski definition) is 1. The minimum atomic E-state index is -0.151. The van der Waals surface area contributed by atoms with Gasteiger partial charge in [-0.15, -0.1) is 0 Å². The zero-order valence-electron chi connectivity index (χ0n) is 12.5. The number of hydrogen-bond acceptors (Lipinski definition) is 1. The molecule has 3 rings (SSSR count). The smallest absolute Gasteiger partial charge is 0.123 e. The molecule has 0 heterocycles. The van der Waals surface area contributed by atoms with E-state index in [4.69, 9.17) is 0 Å². The van der Waals surface area contributed by atoms with Gasteiger partial charge in [0.15, 0.2) is 0 Å². The van der Waals surface area contributed by atoms with Crippen LogP contribution in [0.15, 0.2) is 24.3 Å². The molecule has 1 nitrogen and oxygen atoms in total. The Bertz CT molecular complexity index is 423. The maximum atomic E-state index is 13.0. The first-order valence-corrected chi connectivity index (χ1v) is 8.18. The molecular weight excluding hydrogens is 249 g/mol. The van der Waals surface area contributed by atoms with E-state index in [9.17, 15) is 4.39 Å². The summed E-state index contributed by atoms with van der Waals surface area (Å²) >= 11 is 0. The molecular formula is C18H26FN. The first kappa shape index (κ1) is 14.1. The second-order valence-corrected chi connectivity index (χ2v) is 6.92. The van der Waals surface area contributed by atoms with Crippen LogP contribution in [0.1, 0.15) is 69.9 Å². The lowest BCUT2D eigenvalue weighted by Crippen LogP contribution is -2.37. The molecule has 0 saturated heterocycles. The van der Waals surface area contributed by atoms with Gasteiger partial charge in [0.05, 0.1) is 0 Å². The number of nitrogens with one attached hydrogen (secondary N) is 1. The molecule has 1 aromatic carbocycles. The molecule has 1 N–H and O–H groups in total. The summed E-state index contributed by atoms with van der Waals surface area (Å²) in [7, 11) is 0. The summed E-state index contributed by atoms with van der Waals surface area (Å²) in [4.78, 5) is 0. The largest absolute Gasteiger partial charge is 0.307 e. The molecule has 0 aliphatic heterocycles. The Morgan fingerprint density at radius 2 is 1.65 bits per heavy atom. The minimum Gasteiger partial charge on any atom is -0.307 e. The molecule has 2 heteroatoms. The van der Waals surface area contributed by atoms with Crippen LogP contribution in [0.25, 0.3) is 0 Å². The summed E-state index contributed by atoms with van der Waals surface area (Å²) in [6.45, 7) is 2.19. The standard InChI is InChI=1S/C18H26FN/c1-14(15-4-6-16(19)7-5-15)20-17-8-12-18(13-9-17)10-2-3-11-18/h4-7,14,17,20H,2-3,8-13H2,1H3/t14-/m0/s1. The van der Waals surface area contributed by atoms with E-state index in [1.807, 2.05) is 12.1 Å². The van der Waals surface area contributed by atoms with Gasteiger partial charge in [-0.3, -0.25) is 0 Å². The highest BCUT2D eigenvalue weighted by molar-refractivity contribution is 5.19. The summed E-state index contributed by atoms with van der Waals surface area (Å²) in [6.07, 6.45) is 11.3.